The highest BCUT2D eigenvalue weighted by atomic mass is 15.0. The van der Waals surface area contributed by atoms with Crippen LogP contribution in [0.1, 0.15) is 0 Å². The van der Waals surface area contributed by atoms with E-state index < -0.39 is 0 Å². The Bertz CT molecular complexity index is 3070. The highest BCUT2D eigenvalue weighted by Crippen LogP contribution is 2.51. The number of hydrogen-bond acceptors (Lipinski definition) is 3. The van der Waals surface area contributed by atoms with Gasteiger partial charge in [0, 0.05) is 16.7 Å². The zero-order valence-electron chi connectivity index (χ0n) is 30.4. The molecule has 0 aliphatic heterocycles. The van der Waals surface area contributed by atoms with E-state index in [9.17, 15) is 0 Å². The molecule has 0 spiro atoms. The van der Waals surface area contributed by atoms with Crippen LogP contribution < -0.4 is 0 Å². The number of nitrogens with zero attached hydrogens (tertiary/aromatic N) is 3. The number of benzene rings is 9. The SMILES string of the molecule is c1ccc(-c2nc(-c3ccccc3)nc(-c3ccccc3-c3ccc4ccccc4c3-c3cccc(-c4ccc5cccc6c5c4-c4ccccc4-6)c3)n2)cc1. The molecule has 0 bridgehead atoms. The van der Waals surface area contributed by atoms with Crippen molar-refractivity contribution in [1.82, 2.24) is 15.0 Å². The van der Waals surface area contributed by atoms with Gasteiger partial charge in [-0.3, -0.25) is 0 Å². The number of aromatic nitrogens is 3. The molecule has 260 valence electrons. The van der Waals surface area contributed by atoms with Crippen LogP contribution in [0.5, 0.6) is 0 Å². The summed E-state index contributed by atoms with van der Waals surface area (Å²) in [6.07, 6.45) is 0. The Kier molecular flexibility index (Phi) is 7.49. The number of rotatable bonds is 6. The minimum atomic E-state index is 0.634. The summed E-state index contributed by atoms with van der Waals surface area (Å²) >= 11 is 0. The smallest absolute Gasteiger partial charge is 0.164 e. The van der Waals surface area contributed by atoms with Crippen LogP contribution in [0, 0.1) is 0 Å². The fraction of sp³-hybridized carbons (Fsp3) is 0. The first-order valence-corrected chi connectivity index (χ1v) is 19.0. The largest absolute Gasteiger partial charge is 0.208 e. The lowest BCUT2D eigenvalue weighted by Gasteiger charge is -2.18. The van der Waals surface area contributed by atoms with Crippen LogP contribution in [0.4, 0.5) is 0 Å². The summed E-state index contributed by atoms with van der Waals surface area (Å²) < 4.78 is 0. The molecule has 0 fully saturated rings. The first-order valence-electron chi connectivity index (χ1n) is 19.0. The molecule has 0 radical (unpaired) electrons. The Balaban J connectivity index is 1.13. The van der Waals surface area contributed by atoms with Gasteiger partial charge in [-0.1, -0.05) is 194 Å². The van der Waals surface area contributed by atoms with Crippen LogP contribution in [0.15, 0.2) is 200 Å². The van der Waals surface area contributed by atoms with Crippen molar-refractivity contribution in [2.75, 3.05) is 0 Å². The molecular formula is C53H33N3. The molecular weight excluding hydrogens is 679 g/mol. The molecule has 56 heavy (non-hydrogen) atoms. The third-order valence-corrected chi connectivity index (χ3v) is 11.1. The lowest BCUT2D eigenvalue weighted by Crippen LogP contribution is -2.01. The van der Waals surface area contributed by atoms with Crippen molar-refractivity contribution in [2.45, 2.75) is 0 Å². The lowest BCUT2D eigenvalue weighted by atomic mass is 9.86. The maximum atomic E-state index is 5.15. The predicted molar refractivity (Wildman–Crippen MR) is 232 cm³/mol. The maximum Gasteiger partial charge on any atom is 0.164 e. The summed E-state index contributed by atoms with van der Waals surface area (Å²) in [5.74, 6) is 1.92. The highest BCUT2D eigenvalue weighted by Gasteiger charge is 2.25. The van der Waals surface area contributed by atoms with Crippen molar-refractivity contribution >= 4 is 21.5 Å². The third kappa shape index (κ3) is 5.25. The van der Waals surface area contributed by atoms with E-state index in [2.05, 4.69) is 164 Å². The fourth-order valence-electron chi connectivity index (χ4n) is 8.55. The number of fused-ring (bicyclic) bond motifs is 4. The van der Waals surface area contributed by atoms with Gasteiger partial charge in [-0.25, -0.2) is 15.0 Å². The van der Waals surface area contributed by atoms with Crippen molar-refractivity contribution in [3.05, 3.63) is 200 Å². The van der Waals surface area contributed by atoms with Crippen molar-refractivity contribution in [1.29, 1.82) is 0 Å². The first-order chi connectivity index (χ1) is 27.8. The standard InChI is InChI=1S/C53H33N3/c1-3-16-36(17-4-1)51-54-52(37-18-5-2-6-19-37)56-53(55-51)47-27-12-10-25-43(47)46-32-29-34-15-7-8-23-40(34)48(46)39-22-13-21-38(33-39)41-31-30-35-20-14-28-44-42-24-9-11-26-45(42)50(41)49(35)44/h1-33H. The summed E-state index contributed by atoms with van der Waals surface area (Å²) in [5, 5.41) is 4.98. The second-order valence-electron chi connectivity index (χ2n) is 14.3. The predicted octanol–water partition coefficient (Wildman–Crippen LogP) is 13.8. The van der Waals surface area contributed by atoms with Gasteiger partial charge in [-0.2, -0.15) is 0 Å². The minimum absolute atomic E-state index is 0.634. The monoisotopic (exact) mass is 711 g/mol. The maximum absolute atomic E-state index is 5.15. The second-order valence-corrected chi connectivity index (χ2v) is 14.3. The molecule has 0 unspecified atom stereocenters. The van der Waals surface area contributed by atoms with Crippen LogP contribution in [0.2, 0.25) is 0 Å². The van der Waals surface area contributed by atoms with Crippen LogP contribution >= 0.6 is 0 Å². The molecule has 0 amide bonds. The summed E-state index contributed by atoms with van der Waals surface area (Å²) in [6.45, 7) is 0. The third-order valence-electron chi connectivity index (χ3n) is 11.1. The van der Waals surface area contributed by atoms with Crippen molar-refractivity contribution in [2.24, 2.45) is 0 Å². The van der Waals surface area contributed by atoms with Gasteiger partial charge in [0.05, 0.1) is 0 Å². The average Bonchev–Trinajstić information content (AvgIpc) is 3.62. The quantitative estimate of drug-likeness (QED) is 0.172. The van der Waals surface area contributed by atoms with Gasteiger partial charge in [-0.05, 0) is 83.2 Å². The molecule has 3 nitrogen and oxygen atoms in total. The van der Waals surface area contributed by atoms with E-state index in [-0.39, 0.29) is 0 Å². The zero-order valence-corrected chi connectivity index (χ0v) is 30.4. The van der Waals surface area contributed by atoms with E-state index >= 15 is 0 Å². The highest BCUT2D eigenvalue weighted by molar-refractivity contribution is 6.19. The van der Waals surface area contributed by atoms with Crippen LogP contribution in [0.25, 0.3) is 111 Å². The lowest BCUT2D eigenvalue weighted by molar-refractivity contribution is 1.07. The van der Waals surface area contributed by atoms with Gasteiger partial charge in [0.25, 0.3) is 0 Å². The van der Waals surface area contributed by atoms with Crippen molar-refractivity contribution in [3.8, 4) is 89.8 Å². The van der Waals surface area contributed by atoms with E-state index in [1.165, 1.54) is 60.5 Å². The van der Waals surface area contributed by atoms with E-state index in [0.717, 1.165) is 33.4 Å². The topological polar surface area (TPSA) is 38.7 Å². The Hall–Kier alpha value is -7.49. The molecule has 3 heteroatoms. The molecule has 0 saturated carbocycles. The molecule has 1 aliphatic carbocycles. The van der Waals surface area contributed by atoms with Gasteiger partial charge in [0.15, 0.2) is 17.5 Å². The van der Waals surface area contributed by atoms with Gasteiger partial charge in [-0.15, -0.1) is 0 Å². The van der Waals surface area contributed by atoms with E-state index in [4.69, 9.17) is 15.0 Å². The molecule has 10 aromatic rings. The van der Waals surface area contributed by atoms with Crippen LogP contribution in [-0.4, -0.2) is 15.0 Å². The summed E-state index contributed by atoms with van der Waals surface area (Å²) in [6, 6.07) is 71.2. The van der Waals surface area contributed by atoms with Crippen LogP contribution in [0.3, 0.4) is 0 Å². The Morgan fingerprint density at radius 2 is 0.750 bits per heavy atom. The van der Waals surface area contributed by atoms with E-state index in [0.29, 0.717) is 17.5 Å². The molecule has 1 aliphatic rings. The van der Waals surface area contributed by atoms with Crippen molar-refractivity contribution in [3.63, 3.8) is 0 Å². The zero-order chi connectivity index (χ0) is 37.0. The summed E-state index contributed by atoms with van der Waals surface area (Å²) in [7, 11) is 0. The van der Waals surface area contributed by atoms with Gasteiger partial charge >= 0.3 is 0 Å². The minimum Gasteiger partial charge on any atom is -0.208 e. The Labute approximate surface area is 325 Å². The van der Waals surface area contributed by atoms with Crippen LogP contribution in [-0.2, 0) is 0 Å². The van der Waals surface area contributed by atoms with Gasteiger partial charge in [0.2, 0.25) is 0 Å². The van der Waals surface area contributed by atoms with Crippen molar-refractivity contribution < 1.29 is 0 Å². The fourth-order valence-corrected chi connectivity index (χ4v) is 8.55. The van der Waals surface area contributed by atoms with E-state index in [1.807, 2.05) is 36.4 Å². The molecule has 1 heterocycles. The molecule has 11 rings (SSSR count). The normalized spacial score (nSPS) is 11.6. The Morgan fingerprint density at radius 3 is 1.50 bits per heavy atom. The Morgan fingerprint density at radius 1 is 0.250 bits per heavy atom. The number of hydrogen-bond donors (Lipinski definition) is 0. The summed E-state index contributed by atoms with van der Waals surface area (Å²) in [5.41, 5.74) is 15.0. The molecule has 0 atom stereocenters. The summed E-state index contributed by atoms with van der Waals surface area (Å²) in [4.78, 5) is 15.3. The molecule has 1 aromatic heterocycles. The average molecular weight is 712 g/mol. The van der Waals surface area contributed by atoms with Gasteiger partial charge < -0.3 is 0 Å². The first kappa shape index (κ1) is 32.0. The second kappa shape index (κ2) is 13.1. The molecule has 0 N–H and O–H groups in total. The van der Waals surface area contributed by atoms with Gasteiger partial charge in [0.1, 0.15) is 0 Å². The van der Waals surface area contributed by atoms with E-state index in [1.54, 1.807) is 0 Å². The molecule has 0 saturated heterocycles. The molecule has 9 aromatic carbocycles.